The number of rotatable bonds is 2. The zero-order valence-electron chi connectivity index (χ0n) is 9.98. The van der Waals surface area contributed by atoms with Crippen molar-refractivity contribution in [3.05, 3.63) is 29.8 Å². The maximum Gasteiger partial charge on any atom is 0.195 e. The average Bonchev–Trinajstić information content (AvgIpc) is 2.69. The van der Waals surface area contributed by atoms with Crippen molar-refractivity contribution in [2.24, 2.45) is 16.6 Å². The summed E-state index contributed by atoms with van der Waals surface area (Å²) in [6.07, 6.45) is 1.06. The van der Waals surface area contributed by atoms with Gasteiger partial charge in [0.2, 0.25) is 0 Å². The van der Waals surface area contributed by atoms with Gasteiger partial charge in [-0.3, -0.25) is 4.99 Å². The maximum atomic E-state index is 6.02. The Balaban J connectivity index is 2.15. The molecule has 3 heteroatoms. The van der Waals surface area contributed by atoms with E-state index in [0.29, 0.717) is 11.9 Å². The Morgan fingerprint density at radius 3 is 2.94 bits per heavy atom. The molecule has 2 rings (SSSR count). The summed E-state index contributed by atoms with van der Waals surface area (Å²) in [5.41, 5.74) is 8.60. The first-order valence-corrected chi connectivity index (χ1v) is 5.84. The Labute approximate surface area is 97.0 Å². The van der Waals surface area contributed by atoms with E-state index in [1.54, 1.807) is 0 Å². The molecule has 1 aliphatic rings. The van der Waals surface area contributed by atoms with Crippen molar-refractivity contribution in [2.75, 3.05) is 18.0 Å². The van der Waals surface area contributed by atoms with Crippen molar-refractivity contribution in [1.82, 2.24) is 0 Å². The number of benzene rings is 1. The van der Waals surface area contributed by atoms with Gasteiger partial charge in [0.05, 0.1) is 0 Å². The summed E-state index contributed by atoms with van der Waals surface area (Å²) in [4.78, 5) is 6.53. The minimum atomic E-state index is 0.552. The molecule has 3 nitrogen and oxygen atoms in total. The quantitative estimate of drug-likeness (QED) is 0.608. The van der Waals surface area contributed by atoms with Crippen molar-refractivity contribution in [1.29, 1.82) is 0 Å². The van der Waals surface area contributed by atoms with Gasteiger partial charge >= 0.3 is 0 Å². The van der Waals surface area contributed by atoms with Crippen molar-refractivity contribution < 1.29 is 0 Å². The van der Waals surface area contributed by atoms with E-state index in [9.17, 15) is 0 Å². The molecule has 0 bridgehead atoms. The van der Waals surface area contributed by atoms with Crippen LogP contribution in [0.25, 0.3) is 0 Å². The van der Waals surface area contributed by atoms with Crippen molar-refractivity contribution in [3.63, 3.8) is 0 Å². The molecule has 0 aromatic heterocycles. The Morgan fingerprint density at radius 2 is 2.19 bits per heavy atom. The maximum absolute atomic E-state index is 6.02. The molecule has 0 unspecified atom stereocenters. The molecule has 0 atom stereocenters. The van der Waals surface area contributed by atoms with Gasteiger partial charge in [-0.1, -0.05) is 32.0 Å². The molecule has 0 fully saturated rings. The fourth-order valence-electron chi connectivity index (χ4n) is 1.94. The molecule has 1 heterocycles. The van der Waals surface area contributed by atoms with Crippen LogP contribution in [0, 0.1) is 5.92 Å². The summed E-state index contributed by atoms with van der Waals surface area (Å²) in [6, 6.07) is 8.39. The van der Waals surface area contributed by atoms with Gasteiger partial charge in [-0.15, -0.1) is 0 Å². The van der Waals surface area contributed by atoms with E-state index in [0.717, 1.165) is 19.5 Å². The molecule has 0 amide bonds. The minimum Gasteiger partial charge on any atom is -0.370 e. The van der Waals surface area contributed by atoms with E-state index in [-0.39, 0.29) is 0 Å². The highest BCUT2D eigenvalue weighted by Gasteiger charge is 2.20. The van der Waals surface area contributed by atoms with Crippen LogP contribution < -0.4 is 10.6 Å². The number of hydrogen-bond donors (Lipinski definition) is 1. The standard InChI is InChI=1S/C13H19N3/c1-10(2)9-15-13(14)16-8-7-11-5-3-4-6-12(11)16/h3-6,10H,7-9H2,1-2H3,(H2,14,15). The van der Waals surface area contributed by atoms with Gasteiger partial charge in [0.25, 0.3) is 0 Å². The van der Waals surface area contributed by atoms with Crippen molar-refractivity contribution in [2.45, 2.75) is 20.3 Å². The summed E-state index contributed by atoms with van der Waals surface area (Å²) < 4.78 is 0. The number of hydrogen-bond acceptors (Lipinski definition) is 1. The van der Waals surface area contributed by atoms with Crippen LogP contribution >= 0.6 is 0 Å². The highest BCUT2D eigenvalue weighted by Crippen LogP contribution is 2.26. The number of nitrogens with two attached hydrogens (primary N) is 1. The Hall–Kier alpha value is -1.51. The Morgan fingerprint density at radius 1 is 1.44 bits per heavy atom. The molecule has 1 aromatic rings. The zero-order valence-corrected chi connectivity index (χ0v) is 9.98. The van der Waals surface area contributed by atoms with E-state index in [1.807, 2.05) is 6.07 Å². The first-order valence-electron chi connectivity index (χ1n) is 5.84. The fourth-order valence-corrected chi connectivity index (χ4v) is 1.94. The average molecular weight is 217 g/mol. The van der Waals surface area contributed by atoms with Crippen LogP contribution in [0.3, 0.4) is 0 Å². The van der Waals surface area contributed by atoms with E-state index in [1.165, 1.54) is 11.3 Å². The molecule has 1 aromatic carbocycles. The second-order valence-corrected chi connectivity index (χ2v) is 4.62. The lowest BCUT2D eigenvalue weighted by Gasteiger charge is -2.18. The molecule has 0 aliphatic carbocycles. The van der Waals surface area contributed by atoms with Crippen LogP contribution in [-0.2, 0) is 6.42 Å². The Bertz CT molecular complexity index is 396. The molecule has 2 N–H and O–H groups in total. The van der Waals surface area contributed by atoms with Crippen LogP contribution in [0.4, 0.5) is 5.69 Å². The predicted octanol–water partition coefficient (Wildman–Crippen LogP) is 2.02. The van der Waals surface area contributed by atoms with Gasteiger partial charge in [-0.25, -0.2) is 0 Å². The van der Waals surface area contributed by atoms with Gasteiger partial charge < -0.3 is 10.6 Å². The van der Waals surface area contributed by atoms with Gasteiger partial charge in [-0.05, 0) is 24.0 Å². The summed E-state index contributed by atoms with van der Waals surface area (Å²) in [5.74, 6) is 1.20. The smallest absolute Gasteiger partial charge is 0.195 e. The largest absolute Gasteiger partial charge is 0.370 e. The number of nitrogens with zero attached hydrogens (tertiary/aromatic N) is 2. The molecule has 0 saturated heterocycles. The fraction of sp³-hybridized carbons (Fsp3) is 0.462. The van der Waals surface area contributed by atoms with Crippen molar-refractivity contribution >= 4 is 11.6 Å². The van der Waals surface area contributed by atoms with Crippen molar-refractivity contribution in [3.8, 4) is 0 Å². The third-order valence-corrected chi connectivity index (χ3v) is 2.78. The molecular weight excluding hydrogens is 198 g/mol. The SMILES string of the molecule is CC(C)CN=C(N)N1CCc2ccccc21. The molecular formula is C13H19N3. The molecule has 16 heavy (non-hydrogen) atoms. The van der Waals surface area contributed by atoms with E-state index >= 15 is 0 Å². The lowest BCUT2D eigenvalue weighted by Crippen LogP contribution is -2.36. The highest BCUT2D eigenvalue weighted by atomic mass is 15.3. The lowest BCUT2D eigenvalue weighted by atomic mass is 10.2. The normalized spacial score (nSPS) is 15.7. The monoisotopic (exact) mass is 217 g/mol. The number of aliphatic imine (C=N–C) groups is 1. The van der Waals surface area contributed by atoms with E-state index < -0.39 is 0 Å². The first-order chi connectivity index (χ1) is 7.68. The number of anilines is 1. The second kappa shape index (κ2) is 4.56. The Kier molecular flexibility index (Phi) is 3.13. The van der Waals surface area contributed by atoms with Gasteiger partial charge in [0.1, 0.15) is 0 Å². The zero-order chi connectivity index (χ0) is 11.5. The van der Waals surface area contributed by atoms with Crippen LogP contribution in [0.5, 0.6) is 0 Å². The first kappa shape index (κ1) is 11.0. The topological polar surface area (TPSA) is 41.6 Å². The third kappa shape index (κ3) is 2.18. The van der Waals surface area contributed by atoms with Crippen LogP contribution in [0.15, 0.2) is 29.3 Å². The van der Waals surface area contributed by atoms with Crippen LogP contribution in [-0.4, -0.2) is 19.0 Å². The summed E-state index contributed by atoms with van der Waals surface area (Å²) in [5, 5.41) is 0. The molecule has 0 saturated carbocycles. The summed E-state index contributed by atoms with van der Waals surface area (Å²) in [7, 11) is 0. The number of guanidine groups is 1. The summed E-state index contributed by atoms with van der Waals surface area (Å²) >= 11 is 0. The molecule has 0 radical (unpaired) electrons. The lowest BCUT2D eigenvalue weighted by molar-refractivity contribution is 0.663. The van der Waals surface area contributed by atoms with E-state index in [2.05, 4.69) is 41.9 Å². The number of fused-ring (bicyclic) bond motifs is 1. The predicted molar refractivity (Wildman–Crippen MR) is 68.8 cm³/mol. The second-order valence-electron chi connectivity index (χ2n) is 4.62. The van der Waals surface area contributed by atoms with E-state index in [4.69, 9.17) is 5.73 Å². The highest BCUT2D eigenvalue weighted by molar-refractivity contribution is 5.96. The number of para-hydroxylation sites is 1. The van der Waals surface area contributed by atoms with Gasteiger partial charge in [-0.2, -0.15) is 0 Å². The van der Waals surface area contributed by atoms with Crippen LogP contribution in [0.2, 0.25) is 0 Å². The molecule has 0 spiro atoms. The summed E-state index contributed by atoms with van der Waals surface area (Å²) in [6.45, 7) is 6.04. The third-order valence-electron chi connectivity index (χ3n) is 2.78. The molecule has 1 aliphatic heterocycles. The minimum absolute atomic E-state index is 0.552. The van der Waals surface area contributed by atoms with Crippen LogP contribution in [0.1, 0.15) is 19.4 Å². The molecule has 86 valence electrons. The van der Waals surface area contributed by atoms with Gasteiger partial charge in [0.15, 0.2) is 5.96 Å². The van der Waals surface area contributed by atoms with Gasteiger partial charge in [0, 0.05) is 18.8 Å².